The zero-order chi connectivity index (χ0) is 26.2. The Morgan fingerprint density at radius 2 is 1.89 bits per heavy atom. The molecule has 11 heteroatoms. The third-order valence-electron chi connectivity index (χ3n) is 6.58. The molecule has 0 radical (unpaired) electrons. The number of rotatable bonds is 5. The summed E-state index contributed by atoms with van der Waals surface area (Å²) in [6.07, 6.45) is 3.55. The molecule has 0 aliphatic carbocycles. The third kappa shape index (κ3) is 4.54. The van der Waals surface area contributed by atoms with Crippen molar-refractivity contribution in [2.24, 2.45) is 10.1 Å². The molecule has 6 rings (SSSR count). The maximum Gasteiger partial charge on any atom is 0.283 e. The van der Waals surface area contributed by atoms with Crippen LogP contribution < -0.4 is 0 Å². The van der Waals surface area contributed by atoms with E-state index in [1.807, 2.05) is 35.0 Å². The highest BCUT2D eigenvalue weighted by Gasteiger charge is 2.36. The Morgan fingerprint density at radius 3 is 2.71 bits per heavy atom. The van der Waals surface area contributed by atoms with Crippen LogP contribution in [0.4, 0.5) is 4.39 Å². The van der Waals surface area contributed by atoms with Gasteiger partial charge in [0.25, 0.3) is 5.91 Å². The molecule has 1 fully saturated rings. The van der Waals surface area contributed by atoms with Gasteiger partial charge in [-0.1, -0.05) is 36.4 Å². The van der Waals surface area contributed by atoms with E-state index in [0.29, 0.717) is 49.0 Å². The molecule has 4 heterocycles. The van der Waals surface area contributed by atoms with Gasteiger partial charge in [0.05, 0.1) is 31.8 Å². The van der Waals surface area contributed by atoms with E-state index in [2.05, 4.69) is 10.1 Å². The fourth-order valence-electron chi connectivity index (χ4n) is 4.64. The fraction of sp³-hybridized carbons (Fsp3) is 0.222. The number of hydrogen-bond donors (Lipinski definition) is 1. The van der Waals surface area contributed by atoms with Crippen LogP contribution in [0.1, 0.15) is 17.5 Å². The van der Waals surface area contributed by atoms with Crippen molar-refractivity contribution in [3.8, 4) is 0 Å². The lowest BCUT2D eigenvalue weighted by molar-refractivity contribution is -0.133. The highest BCUT2D eigenvalue weighted by atomic mass is 32.2. The number of amidine groups is 2. The number of nitrogens with zero attached hydrogens (tertiary/aromatic N) is 5. The number of morpholine rings is 1. The lowest BCUT2D eigenvalue weighted by Gasteiger charge is -2.26. The van der Waals surface area contributed by atoms with Crippen LogP contribution in [0.2, 0.25) is 0 Å². The number of hydrazone groups is 1. The number of carbonyl (C=O) groups excluding carboxylic acids is 2. The topological polar surface area (TPSA) is 103 Å². The van der Waals surface area contributed by atoms with Crippen LogP contribution in [0, 0.1) is 11.2 Å². The van der Waals surface area contributed by atoms with Crippen molar-refractivity contribution in [3.63, 3.8) is 0 Å². The number of nitrogens with one attached hydrogen (secondary N) is 1. The fourth-order valence-corrected chi connectivity index (χ4v) is 5.52. The predicted octanol–water partition coefficient (Wildman–Crippen LogP) is 3.70. The van der Waals surface area contributed by atoms with E-state index in [9.17, 15) is 14.0 Å². The Hall–Kier alpha value is -4.09. The standard InChI is InChI=1S/C27H23FN6O3S/c28-21-7-3-1-5-17(21)15-33-16-18(19-6-2-4-8-22(19)33)13-20-25(29)34-27(30-26(20)36)38-23(31-34)14-24(35)32-9-11-37-12-10-32/h1-8,13,16,29H,9-12,14-15H2/b20-13-,29-25?. The van der Waals surface area contributed by atoms with E-state index < -0.39 is 5.91 Å². The molecule has 1 aromatic heterocycles. The molecule has 0 spiro atoms. The molecule has 192 valence electrons. The summed E-state index contributed by atoms with van der Waals surface area (Å²) in [7, 11) is 0. The minimum atomic E-state index is -0.546. The van der Waals surface area contributed by atoms with Gasteiger partial charge >= 0.3 is 0 Å². The van der Waals surface area contributed by atoms with Crippen molar-refractivity contribution in [1.29, 1.82) is 5.41 Å². The normalized spacial score (nSPS) is 18.7. The van der Waals surface area contributed by atoms with Gasteiger partial charge in [0.2, 0.25) is 11.1 Å². The first-order chi connectivity index (χ1) is 18.5. The Balaban J connectivity index is 1.28. The van der Waals surface area contributed by atoms with Crippen LogP contribution >= 0.6 is 11.8 Å². The maximum atomic E-state index is 14.3. The summed E-state index contributed by atoms with van der Waals surface area (Å²) in [6.45, 7) is 2.40. The number of hydrogen-bond acceptors (Lipinski definition) is 6. The summed E-state index contributed by atoms with van der Waals surface area (Å²) in [5, 5.41) is 16.1. The van der Waals surface area contributed by atoms with E-state index in [1.165, 1.54) is 11.1 Å². The Bertz CT molecular complexity index is 1570. The second-order valence-electron chi connectivity index (χ2n) is 9.00. The van der Waals surface area contributed by atoms with Gasteiger partial charge in [0, 0.05) is 41.3 Å². The smallest absolute Gasteiger partial charge is 0.283 e. The van der Waals surface area contributed by atoms with E-state index in [1.54, 1.807) is 29.2 Å². The number of carbonyl (C=O) groups is 2. The Morgan fingerprint density at radius 1 is 1.13 bits per heavy atom. The number of thioether (sulfide) groups is 1. The van der Waals surface area contributed by atoms with Crippen molar-refractivity contribution in [2.75, 3.05) is 26.3 Å². The minimum absolute atomic E-state index is 0.0729. The van der Waals surface area contributed by atoms with Gasteiger partial charge < -0.3 is 14.2 Å². The van der Waals surface area contributed by atoms with Crippen molar-refractivity contribution >= 4 is 56.6 Å². The summed E-state index contributed by atoms with van der Waals surface area (Å²) in [5.74, 6) is -1.01. The molecule has 0 unspecified atom stereocenters. The molecule has 9 nitrogen and oxygen atoms in total. The number of aromatic nitrogens is 1. The van der Waals surface area contributed by atoms with Gasteiger partial charge in [-0.25, -0.2) is 4.39 Å². The van der Waals surface area contributed by atoms with E-state index >= 15 is 0 Å². The number of fused-ring (bicyclic) bond motifs is 2. The summed E-state index contributed by atoms with van der Waals surface area (Å²) in [5.41, 5.74) is 2.22. The molecule has 0 atom stereocenters. The highest BCUT2D eigenvalue weighted by molar-refractivity contribution is 8.27. The number of benzene rings is 2. The molecule has 38 heavy (non-hydrogen) atoms. The van der Waals surface area contributed by atoms with Crippen LogP contribution in [0.5, 0.6) is 0 Å². The minimum Gasteiger partial charge on any atom is -0.378 e. The van der Waals surface area contributed by atoms with Gasteiger partial charge in [0.15, 0.2) is 5.84 Å². The quantitative estimate of drug-likeness (QED) is 0.507. The zero-order valence-corrected chi connectivity index (χ0v) is 21.1. The second-order valence-corrected chi connectivity index (χ2v) is 10.0. The molecular weight excluding hydrogens is 507 g/mol. The van der Waals surface area contributed by atoms with Crippen molar-refractivity contribution in [1.82, 2.24) is 14.5 Å². The van der Waals surface area contributed by atoms with Crippen LogP contribution in [0.3, 0.4) is 0 Å². The summed E-state index contributed by atoms with van der Waals surface area (Å²) in [4.78, 5) is 31.5. The SMILES string of the molecule is N=C1/C(=C/c2cn(Cc3ccccc3F)c3ccccc23)C(=O)N=C2SC(CC(=O)N3CCOCC3)=NN12. The Kier molecular flexibility index (Phi) is 6.38. The molecule has 0 saturated carbocycles. The second kappa shape index (κ2) is 9.99. The lowest BCUT2D eigenvalue weighted by Crippen LogP contribution is -2.41. The van der Waals surface area contributed by atoms with Crippen LogP contribution in [0.25, 0.3) is 17.0 Å². The van der Waals surface area contributed by atoms with Gasteiger partial charge in [0.1, 0.15) is 10.9 Å². The summed E-state index contributed by atoms with van der Waals surface area (Å²) < 4.78 is 21.6. The molecular formula is C27H23FN6O3S. The largest absolute Gasteiger partial charge is 0.378 e. The summed E-state index contributed by atoms with van der Waals surface area (Å²) in [6, 6.07) is 14.3. The molecule has 3 aliphatic heterocycles. The average Bonchev–Trinajstić information content (AvgIpc) is 3.49. The molecule has 2 aromatic carbocycles. The van der Waals surface area contributed by atoms with Crippen LogP contribution in [-0.4, -0.2) is 68.6 Å². The van der Waals surface area contributed by atoms with Crippen LogP contribution in [0.15, 0.2) is 70.4 Å². The van der Waals surface area contributed by atoms with Gasteiger partial charge in [-0.05, 0) is 30.0 Å². The van der Waals surface area contributed by atoms with Gasteiger partial charge in [-0.3, -0.25) is 15.0 Å². The molecule has 3 aliphatic rings. The van der Waals surface area contributed by atoms with Gasteiger partial charge in [-0.2, -0.15) is 15.1 Å². The lowest BCUT2D eigenvalue weighted by atomic mass is 10.1. The van der Waals surface area contributed by atoms with Crippen molar-refractivity contribution < 1.29 is 18.7 Å². The number of para-hydroxylation sites is 1. The Labute approximate surface area is 221 Å². The third-order valence-corrected chi connectivity index (χ3v) is 7.49. The van der Waals surface area contributed by atoms with Crippen molar-refractivity contribution in [2.45, 2.75) is 13.0 Å². The summed E-state index contributed by atoms with van der Waals surface area (Å²) >= 11 is 1.13. The monoisotopic (exact) mass is 530 g/mol. The number of halogens is 1. The predicted molar refractivity (Wildman–Crippen MR) is 144 cm³/mol. The first-order valence-corrected chi connectivity index (χ1v) is 13.0. The van der Waals surface area contributed by atoms with E-state index in [4.69, 9.17) is 10.1 Å². The number of ether oxygens (including phenoxy) is 1. The molecule has 0 bridgehead atoms. The first-order valence-electron chi connectivity index (χ1n) is 12.1. The first kappa shape index (κ1) is 24.3. The van der Waals surface area contributed by atoms with Gasteiger partial charge in [-0.15, -0.1) is 0 Å². The molecule has 3 aromatic rings. The highest BCUT2D eigenvalue weighted by Crippen LogP contribution is 2.31. The molecule has 1 saturated heterocycles. The van der Waals surface area contributed by atoms with E-state index in [0.717, 1.165) is 22.7 Å². The van der Waals surface area contributed by atoms with Crippen molar-refractivity contribution in [3.05, 3.63) is 77.2 Å². The maximum absolute atomic E-state index is 14.3. The number of aliphatic imine (C=N–C) groups is 1. The van der Waals surface area contributed by atoms with Crippen LogP contribution in [-0.2, 0) is 20.9 Å². The molecule has 1 N–H and O–H groups in total. The zero-order valence-electron chi connectivity index (χ0n) is 20.3. The molecule has 2 amide bonds. The van der Waals surface area contributed by atoms with E-state index in [-0.39, 0.29) is 34.7 Å². The number of amides is 2. The average molecular weight is 531 g/mol.